The predicted octanol–water partition coefficient (Wildman–Crippen LogP) is 4.64. The number of benzene rings is 3. The Balaban J connectivity index is 1.54. The summed E-state index contributed by atoms with van der Waals surface area (Å²) in [5.74, 6) is -0.558. The highest BCUT2D eigenvalue weighted by Crippen LogP contribution is 2.48. The molecule has 0 fully saturated rings. The van der Waals surface area contributed by atoms with Crippen LogP contribution in [0.1, 0.15) is 5.56 Å². The molecule has 2 bridgehead atoms. The molecule has 0 aliphatic carbocycles. The van der Waals surface area contributed by atoms with E-state index in [0.29, 0.717) is 23.6 Å². The molecule has 38 heavy (non-hydrogen) atoms. The summed E-state index contributed by atoms with van der Waals surface area (Å²) in [6.45, 7) is 0. The average molecular weight is 516 g/mol. The van der Waals surface area contributed by atoms with Crippen LogP contribution in [-0.2, 0) is 25.5 Å². The lowest BCUT2D eigenvalue weighted by Crippen LogP contribution is -2.48. The second-order valence-electron chi connectivity index (χ2n) is 8.90. The van der Waals surface area contributed by atoms with E-state index >= 15 is 0 Å². The lowest BCUT2D eigenvalue weighted by Gasteiger charge is -2.34. The Morgan fingerprint density at radius 1 is 0.974 bits per heavy atom. The molecule has 2 heterocycles. The number of ether oxygens (including phenoxy) is 4. The number of fused-ring (bicyclic) bond motifs is 2. The standard InChI is InChI=1S/C30H26FNO6/c1-35-22-14-10-21(11-15-22)32-28(33)26-24-16-17-30(38-24,27(26)29(34)36-2)25(18-19-6-4-3-5-7-19)37-23-12-8-20(31)9-13-23/h3-17,24-25H,18H2,1-2H3,(H,32,33). The van der Waals surface area contributed by atoms with Crippen LogP contribution in [0.15, 0.2) is 102 Å². The van der Waals surface area contributed by atoms with Crippen molar-refractivity contribution in [1.29, 1.82) is 0 Å². The monoisotopic (exact) mass is 515 g/mol. The van der Waals surface area contributed by atoms with Gasteiger partial charge in [-0.2, -0.15) is 0 Å². The van der Waals surface area contributed by atoms with Crippen LogP contribution in [0.5, 0.6) is 11.5 Å². The van der Waals surface area contributed by atoms with Crippen LogP contribution >= 0.6 is 0 Å². The van der Waals surface area contributed by atoms with E-state index in [9.17, 15) is 14.0 Å². The molecular formula is C30H26FNO6. The van der Waals surface area contributed by atoms with Crippen LogP contribution in [0, 0.1) is 5.82 Å². The van der Waals surface area contributed by atoms with Crippen molar-refractivity contribution in [3.05, 3.63) is 114 Å². The SMILES string of the molecule is COC(=O)C1=C(C(=O)Nc2ccc(OC)cc2)C2C=CC1(C(Cc1ccccc1)Oc1ccc(F)cc1)O2. The molecule has 3 atom stereocenters. The second kappa shape index (κ2) is 10.5. The predicted molar refractivity (Wildman–Crippen MR) is 138 cm³/mol. The number of anilines is 1. The topological polar surface area (TPSA) is 83.1 Å². The van der Waals surface area contributed by atoms with Crippen molar-refractivity contribution in [3.63, 3.8) is 0 Å². The number of amides is 1. The van der Waals surface area contributed by atoms with Gasteiger partial charge in [0.05, 0.1) is 25.4 Å². The van der Waals surface area contributed by atoms with E-state index in [-0.39, 0.29) is 11.1 Å². The Morgan fingerprint density at radius 2 is 1.66 bits per heavy atom. The summed E-state index contributed by atoms with van der Waals surface area (Å²) in [6.07, 6.45) is 2.25. The summed E-state index contributed by atoms with van der Waals surface area (Å²) in [6, 6.07) is 22.0. The van der Waals surface area contributed by atoms with E-state index in [1.54, 1.807) is 43.5 Å². The molecule has 0 saturated carbocycles. The van der Waals surface area contributed by atoms with Gasteiger partial charge in [0, 0.05) is 12.1 Å². The van der Waals surface area contributed by atoms with Gasteiger partial charge in [0.25, 0.3) is 5.91 Å². The second-order valence-corrected chi connectivity index (χ2v) is 8.90. The van der Waals surface area contributed by atoms with Gasteiger partial charge in [-0.15, -0.1) is 0 Å². The number of nitrogens with one attached hydrogen (secondary N) is 1. The smallest absolute Gasteiger partial charge is 0.337 e. The number of esters is 1. The normalized spacial score (nSPS) is 20.2. The zero-order chi connectivity index (χ0) is 26.7. The zero-order valence-corrected chi connectivity index (χ0v) is 20.8. The Bertz CT molecular complexity index is 1380. The molecular weight excluding hydrogens is 489 g/mol. The molecule has 194 valence electrons. The Morgan fingerprint density at radius 3 is 2.32 bits per heavy atom. The van der Waals surface area contributed by atoms with Crippen molar-refractivity contribution in [2.24, 2.45) is 0 Å². The molecule has 3 aromatic rings. The van der Waals surface area contributed by atoms with Crippen molar-refractivity contribution >= 4 is 17.6 Å². The molecule has 5 rings (SSSR count). The number of hydrogen-bond acceptors (Lipinski definition) is 6. The van der Waals surface area contributed by atoms with Gasteiger partial charge in [0.2, 0.25) is 0 Å². The van der Waals surface area contributed by atoms with Gasteiger partial charge < -0.3 is 24.3 Å². The fourth-order valence-electron chi connectivity index (χ4n) is 4.79. The minimum atomic E-state index is -1.41. The highest BCUT2D eigenvalue weighted by atomic mass is 19.1. The first kappa shape index (κ1) is 25.2. The molecule has 2 aliphatic rings. The molecule has 0 spiro atoms. The van der Waals surface area contributed by atoms with E-state index in [0.717, 1.165) is 5.56 Å². The van der Waals surface area contributed by atoms with E-state index in [1.165, 1.54) is 31.4 Å². The van der Waals surface area contributed by atoms with Gasteiger partial charge in [-0.1, -0.05) is 36.4 Å². The van der Waals surface area contributed by atoms with Crippen molar-refractivity contribution < 1.29 is 32.9 Å². The first-order valence-corrected chi connectivity index (χ1v) is 12.0. The molecule has 0 aromatic heterocycles. The number of carbonyl (C=O) groups is 2. The lowest BCUT2D eigenvalue weighted by molar-refractivity contribution is -0.139. The molecule has 1 N–H and O–H groups in total. The van der Waals surface area contributed by atoms with Crippen molar-refractivity contribution in [2.75, 3.05) is 19.5 Å². The summed E-state index contributed by atoms with van der Waals surface area (Å²) in [4.78, 5) is 26.7. The number of hydrogen-bond donors (Lipinski definition) is 1. The first-order valence-electron chi connectivity index (χ1n) is 12.0. The summed E-state index contributed by atoms with van der Waals surface area (Å²) < 4.78 is 36.6. The number of methoxy groups -OCH3 is 2. The van der Waals surface area contributed by atoms with Gasteiger partial charge in [0.15, 0.2) is 5.60 Å². The molecule has 0 saturated heterocycles. The minimum Gasteiger partial charge on any atom is -0.497 e. The van der Waals surface area contributed by atoms with Crippen molar-refractivity contribution in [1.82, 2.24) is 0 Å². The van der Waals surface area contributed by atoms with Crippen molar-refractivity contribution in [2.45, 2.75) is 24.2 Å². The Labute approximate surface area is 219 Å². The van der Waals surface area contributed by atoms with E-state index < -0.39 is 35.5 Å². The Kier molecular flexibility index (Phi) is 6.98. The highest BCUT2D eigenvalue weighted by molar-refractivity contribution is 6.12. The third kappa shape index (κ3) is 4.78. The third-order valence-corrected chi connectivity index (χ3v) is 6.60. The summed E-state index contributed by atoms with van der Waals surface area (Å²) in [7, 11) is 2.81. The molecule has 3 unspecified atom stereocenters. The maximum Gasteiger partial charge on any atom is 0.337 e. The molecule has 3 aromatic carbocycles. The first-order chi connectivity index (χ1) is 18.4. The summed E-state index contributed by atoms with van der Waals surface area (Å²) in [5, 5.41) is 2.83. The molecule has 2 aliphatic heterocycles. The largest absolute Gasteiger partial charge is 0.497 e. The molecule has 0 radical (unpaired) electrons. The van der Waals surface area contributed by atoms with Gasteiger partial charge >= 0.3 is 5.97 Å². The molecule has 7 nitrogen and oxygen atoms in total. The number of halogens is 1. The van der Waals surface area contributed by atoms with Gasteiger partial charge in [0.1, 0.15) is 29.5 Å². The summed E-state index contributed by atoms with van der Waals surface area (Å²) >= 11 is 0. The van der Waals surface area contributed by atoms with Crippen LogP contribution in [0.4, 0.5) is 10.1 Å². The zero-order valence-electron chi connectivity index (χ0n) is 20.8. The lowest BCUT2D eigenvalue weighted by atomic mass is 9.80. The average Bonchev–Trinajstić information content (AvgIpc) is 3.53. The maximum atomic E-state index is 13.6. The van der Waals surface area contributed by atoms with Crippen LogP contribution in [0.3, 0.4) is 0 Å². The highest BCUT2D eigenvalue weighted by Gasteiger charge is 2.59. The van der Waals surface area contributed by atoms with Gasteiger partial charge in [-0.05, 0) is 60.2 Å². The van der Waals surface area contributed by atoms with E-state index in [2.05, 4.69) is 5.32 Å². The Hall–Kier alpha value is -4.43. The van der Waals surface area contributed by atoms with Crippen LogP contribution < -0.4 is 14.8 Å². The quantitative estimate of drug-likeness (QED) is 0.330. The van der Waals surface area contributed by atoms with Crippen molar-refractivity contribution in [3.8, 4) is 11.5 Å². The maximum absolute atomic E-state index is 13.6. The number of carbonyl (C=O) groups excluding carboxylic acids is 2. The fourth-order valence-corrected chi connectivity index (χ4v) is 4.79. The van der Waals surface area contributed by atoms with Crippen LogP contribution in [0.2, 0.25) is 0 Å². The molecule has 8 heteroatoms. The number of rotatable bonds is 9. The van der Waals surface area contributed by atoms with Crippen LogP contribution in [-0.4, -0.2) is 43.9 Å². The van der Waals surface area contributed by atoms with Crippen LogP contribution in [0.25, 0.3) is 0 Å². The van der Waals surface area contributed by atoms with Gasteiger partial charge in [-0.3, -0.25) is 4.79 Å². The van der Waals surface area contributed by atoms with E-state index in [4.69, 9.17) is 18.9 Å². The minimum absolute atomic E-state index is 0.0709. The fraction of sp³-hybridized carbons (Fsp3) is 0.200. The van der Waals surface area contributed by atoms with Gasteiger partial charge in [-0.25, -0.2) is 9.18 Å². The summed E-state index contributed by atoms with van der Waals surface area (Å²) in [5.41, 5.74) is 0.262. The molecule has 1 amide bonds. The third-order valence-electron chi connectivity index (χ3n) is 6.60. The van der Waals surface area contributed by atoms with E-state index in [1.807, 2.05) is 30.3 Å².